The van der Waals surface area contributed by atoms with Gasteiger partial charge in [-0.3, -0.25) is 14.9 Å². The second kappa shape index (κ2) is 6.55. The lowest BCUT2D eigenvalue weighted by atomic mass is 9.97. The van der Waals surface area contributed by atoms with Crippen molar-refractivity contribution in [1.82, 2.24) is 15.3 Å². The number of hydrogen-bond donors (Lipinski definition) is 4. The van der Waals surface area contributed by atoms with Crippen LogP contribution in [0.25, 0.3) is 43.6 Å². The van der Waals surface area contributed by atoms with E-state index >= 15 is 0 Å². The first kappa shape index (κ1) is 17.9. The average Bonchev–Trinajstić information content (AvgIpc) is 3.53. The quantitative estimate of drug-likeness (QED) is 0.224. The van der Waals surface area contributed by atoms with Crippen molar-refractivity contribution in [3.8, 4) is 0 Å². The highest BCUT2D eigenvalue weighted by molar-refractivity contribution is 6.39. The van der Waals surface area contributed by atoms with Crippen molar-refractivity contribution in [3.63, 3.8) is 0 Å². The van der Waals surface area contributed by atoms with E-state index in [0.29, 0.717) is 17.2 Å². The van der Waals surface area contributed by atoms with Gasteiger partial charge in [0.05, 0.1) is 22.2 Å². The molecule has 2 aliphatic rings. The molecule has 1 unspecified atom stereocenters. The van der Waals surface area contributed by atoms with E-state index < -0.39 is 0 Å². The Balaban J connectivity index is 0.000000269. The minimum atomic E-state index is -0.332. The van der Waals surface area contributed by atoms with E-state index in [1.54, 1.807) is 0 Å². The molecule has 7 rings (SSSR count). The van der Waals surface area contributed by atoms with Crippen molar-refractivity contribution in [2.75, 3.05) is 0 Å². The molecule has 3 aromatic carbocycles. The molecule has 1 aliphatic carbocycles. The smallest absolute Gasteiger partial charge is 0.259 e. The summed E-state index contributed by atoms with van der Waals surface area (Å²) >= 11 is 0. The molecule has 6 heteroatoms. The maximum absolute atomic E-state index is 12.6. The van der Waals surface area contributed by atoms with Gasteiger partial charge in [-0.25, -0.2) is 0 Å². The molecular formula is C25H20N4O2. The molecule has 0 radical (unpaired) electrons. The van der Waals surface area contributed by atoms with Crippen molar-refractivity contribution in [1.29, 1.82) is 0 Å². The Morgan fingerprint density at radius 3 is 1.71 bits per heavy atom. The van der Waals surface area contributed by atoms with E-state index in [0.717, 1.165) is 50.0 Å². The zero-order valence-corrected chi connectivity index (χ0v) is 16.7. The van der Waals surface area contributed by atoms with Gasteiger partial charge in [0.15, 0.2) is 0 Å². The predicted octanol–water partition coefficient (Wildman–Crippen LogP) is 4.50. The summed E-state index contributed by atoms with van der Waals surface area (Å²) < 4.78 is 0. The number of amides is 2. The number of hydrogen-bond acceptors (Lipinski definition) is 3. The molecule has 1 aliphatic heterocycles. The monoisotopic (exact) mass is 408 g/mol. The summed E-state index contributed by atoms with van der Waals surface area (Å²) in [5, 5.41) is 5.96. The van der Waals surface area contributed by atoms with E-state index in [1.165, 1.54) is 6.42 Å². The van der Waals surface area contributed by atoms with Crippen molar-refractivity contribution < 1.29 is 9.59 Å². The van der Waals surface area contributed by atoms with Gasteiger partial charge in [0.2, 0.25) is 0 Å². The van der Waals surface area contributed by atoms with Crippen LogP contribution in [-0.4, -0.2) is 27.8 Å². The largest absolute Gasteiger partial charge is 0.353 e. The van der Waals surface area contributed by atoms with Crippen LogP contribution >= 0.6 is 0 Å². The van der Waals surface area contributed by atoms with Crippen LogP contribution in [0.5, 0.6) is 0 Å². The maximum atomic E-state index is 12.6. The lowest BCUT2D eigenvalue weighted by Crippen LogP contribution is -2.20. The number of fused-ring (bicyclic) bond motifs is 10. The van der Waals surface area contributed by atoms with Crippen molar-refractivity contribution >= 4 is 55.4 Å². The van der Waals surface area contributed by atoms with Crippen LogP contribution in [0, 0.1) is 0 Å². The van der Waals surface area contributed by atoms with Gasteiger partial charge in [-0.1, -0.05) is 48.6 Å². The molecule has 0 bridgehead atoms. The third kappa shape index (κ3) is 2.55. The van der Waals surface area contributed by atoms with Crippen LogP contribution in [0.4, 0.5) is 0 Å². The van der Waals surface area contributed by atoms with E-state index in [4.69, 9.17) is 5.73 Å². The van der Waals surface area contributed by atoms with Gasteiger partial charge in [0.1, 0.15) is 0 Å². The second-order valence-corrected chi connectivity index (χ2v) is 8.04. The van der Waals surface area contributed by atoms with Crippen molar-refractivity contribution in [2.45, 2.75) is 18.9 Å². The molecule has 5 N–H and O–H groups in total. The SMILES string of the molecule is NC1C=CCC1.O=C1NC(=O)c2c1c1c3ccccc3[nH]c1c1[nH]c3ccccc3c21. The Bertz CT molecular complexity index is 1460. The number of nitrogens with two attached hydrogens (primary N) is 1. The van der Waals surface area contributed by atoms with Crippen LogP contribution in [0.15, 0.2) is 60.7 Å². The standard InChI is InChI=1S/C20H11N3O2.C5H9N/c24-19-15-13-9-5-1-3-7-11(9)21-17(13)18-14(16(15)20(25)23-19)10-6-2-4-8-12(10)22-18;6-5-3-1-2-4-5/h1-8,21-22H,(H,23,24,25);1,3,5H,2,4,6H2. The molecule has 152 valence electrons. The highest BCUT2D eigenvalue weighted by Crippen LogP contribution is 2.41. The van der Waals surface area contributed by atoms with Crippen LogP contribution < -0.4 is 11.1 Å². The fourth-order valence-corrected chi connectivity index (χ4v) is 4.77. The van der Waals surface area contributed by atoms with Gasteiger partial charge < -0.3 is 15.7 Å². The van der Waals surface area contributed by atoms with Crippen LogP contribution in [-0.2, 0) is 0 Å². The summed E-state index contributed by atoms with van der Waals surface area (Å²) in [4.78, 5) is 32.0. The normalized spacial score (nSPS) is 17.5. The number of nitrogens with one attached hydrogen (secondary N) is 3. The Hall–Kier alpha value is -3.90. The maximum Gasteiger partial charge on any atom is 0.259 e. The van der Waals surface area contributed by atoms with E-state index in [1.807, 2.05) is 48.5 Å². The molecular weight excluding hydrogens is 388 g/mol. The van der Waals surface area contributed by atoms with Crippen LogP contribution in [0.1, 0.15) is 33.6 Å². The zero-order chi connectivity index (χ0) is 21.1. The summed E-state index contributed by atoms with van der Waals surface area (Å²) in [7, 11) is 0. The second-order valence-electron chi connectivity index (χ2n) is 8.04. The number of benzene rings is 3. The lowest BCUT2D eigenvalue weighted by Gasteiger charge is -2.02. The molecule has 0 saturated carbocycles. The van der Waals surface area contributed by atoms with Gasteiger partial charge in [-0.15, -0.1) is 0 Å². The fraction of sp³-hybridized carbons (Fsp3) is 0.120. The summed E-state index contributed by atoms with van der Waals surface area (Å²) in [6, 6.07) is 16.0. The first-order valence-corrected chi connectivity index (χ1v) is 10.4. The minimum absolute atomic E-state index is 0.332. The number of carbonyl (C=O) groups excluding carboxylic acids is 2. The molecule has 0 spiro atoms. The lowest BCUT2D eigenvalue weighted by molar-refractivity contribution is 0.0880. The first-order chi connectivity index (χ1) is 15.1. The Labute approximate surface area is 177 Å². The molecule has 3 heterocycles. The van der Waals surface area contributed by atoms with E-state index in [-0.39, 0.29) is 11.8 Å². The summed E-state index contributed by atoms with van der Waals surface area (Å²) in [6.45, 7) is 0. The van der Waals surface area contributed by atoms with E-state index in [2.05, 4.69) is 27.4 Å². The van der Waals surface area contributed by atoms with Crippen LogP contribution in [0.3, 0.4) is 0 Å². The van der Waals surface area contributed by atoms with E-state index in [9.17, 15) is 9.59 Å². The third-order valence-electron chi connectivity index (χ3n) is 6.14. The Kier molecular flexibility index (Phi) is 3.79. The van der Waals surface area contributed by atoms with Gasteiger partial charge in [-0.2, -0.15) is 0 Å². The Morgan fingerprint density at radius 2 is 1.29 bits per heavy atom. The molecule has 31 heavy (non-hydrogen) atoms. The number of aromatic nitrogens is 2. The molecule has 5 aromatic rings. The Morgan fingerprint density at radius 1 is 0.774 bits per heavy atom. The van der Waals surface area contributed by atoms with Gasteiger partial charge in [0, 0.05) is 38.6 Å². The van der Waals surface area contributed by atoms with Crippen molar-refractivity contribution in [3.05, 3.63) is 71.8 Å². The molecule has 6 nitrogen and oxygen atoms in total. The topological polar surface area (TPSA) is 104 Å². The summed E-state index contributed by atoms with van der Waals surface area (Å²) in [5.41, 5.74) is 9.98. The van der Waals surface area contributed by atoms with Gasteiger partial charge in [0.25, 0.3) is 11.8 Å². The van der Waals surface area contributed by atoms with Gasteiger partial charge in [-0.05, 0) is 25.0 Å². The average molecular weight is 408 g/mol. The zero-order valence-electron chi connectivity index (χ0n) is 16.7. The summed E-state index contributed by atoms with van der Waals surface area (Å²) in [5.74, 6) is -0.663. The number of aromatic amines is 2. The molecule has 0 fully saturated rings. The first-order valence-electron chi connectivity index (χ1n) is 10.4. The third-order valence-corrected chi connectivity index (χ3v) is 6.14. The molecule has 0 saturated heterocycles. The van der Waals surface area contributed by atoms with Crippen LogP contribution in [0.2, 0.25) is 0 Å². The molecule has 2 amide bonds. The highest BCUT2D eigenvalue weighted by Gasteiger charge is 2.34. The molecule has 1 atom stereocenters. The fourth-order valence-electron chi connectivity index (χ4n) is 4.77. The number of imide groups is 1. The highest BCUT2D eigenvalue weighted by atomic mass is 16.2. The number of H-pyrrole nitrogens is 2. The number of rotatable bonds is 0. The van der Waals surface area contributed by atoms with Crippen molar-refractivity contribution in [2.24, 2.45) is 5.73 Å². The van der Waals surface area contributed by atoms with Gasteiger partial charge >= 0.3 is 0 Å². The number of carbonyl (C=O) groups is 2. The minimum Gasteiger partial charge on any atom is -0.353 e. The molecule has 2 aromatic heterocycles. The number of allylic oxidation sites excluding steroid dienone is 1. The predicted molar refractivity (Wildman–Crippen MR) is 123 cm³/mol. The number of para-hydroxylation sites is 2. The summed E-state index contributed by atoms with van der Waals surface area (Å²) in [6.07, 6.45) is 6.52.